The van der Waals surface area contributed by atoms with Crippen LogP contribution in [-0.2, 0) is 11.2 Å². The molecule has 1 aromatic heterocycles. The van der Waals surface area contributed by atoms with Crippen molar-refractivity contribution in [3.8, 4) is 0 Å². The molecule has 1 saturated heterocycles. The van der Waals surface area contributed by atoms with Crippen molar-refractivity contribution in [1.82, 2.24) is 15.2 Å². The van der Waals surface area contributed by atoms with Crippen molar-refractivity contribution in [2.75, 3.05) is 19.6 Å². The summed E-state index contributed by atoms with van der Waals surface area (Å²) < 4.78 is 5.49. The highest BCUT2D eigenvalue weighted by Gasteiger charge is 2.30. The summed E-state index contributed by atoms with van der Waals surface area (Å²) in [6.45, 7) is 7.95. The summed E-state index contributed by atoms with van der Waals surface area (Å²) in [6, 6.07) is 4.07. The molecule has 1 amide bonds. The standard InChI is InChI=1S/C15H23N3O2/c1-15(2,3)20-14(19)18-8-7-17-11-13(18)9-12-5-4-6-16-10-12/h4-6,10,13,17H,7-9,11H2,1-3H3/t13-/m1/s1. The van der Waals surface area contributed by atoms with Crippen molar-refractivity contribution >= 4 is 6.09 Å². The Kier molecular flexibility index (Phi) is 4.60. The van der Waals surface area contributed by atoms with E-state index < -0.39 is 5.60 Å². The van der Waals surface area contributed by atoms with Gasteiger partial charge in [0.15, 0.2) is 0 Å². The first kappa shape index (κ1) is 14.8. The molecule has 110 valence electrons. The smallest absolute Gasteiger partial charge is 0.410 e. The molecule has 1 N–H and O–H groups in total. The number of aromatic nitrogens is 1. The van der Waals surface area contributed by atoms with Crippen LogP contribution in [0.15, 0.2) is 24.5 Å². The first-order valence-electron chi connectivity index (χ1n) is 7.05. The fourth-order valence-electron chi connectivity index (χ4n) is 2.30. The highest BCUT2D eigenvalue weighted by atomic mass is 16.6. The molecule has 1 aliphatic heterocycles. The lowest BCUT2D eigenvalue weighted by Gasteiger charge is -2.37. The lowest BCUT2D eigenvalue weighted by atomic mass is 10.0. The van der Waals surface area contributed by atoms with Gasteiger partial charge in [0.1, 0.15) is 5.60 Å². The van der Waals surface area contributed by atoms with Crippen molar-refractivity contribution in [2.24, 2.45) is 0 Å². The minimum atomic E-state index is -0.458. The highest BCUT2D eigenvalue weighted by molar-refractivity contribution is 5.68. The van der Waals surface area contributed by atoms with E-state index in [1.54, 1.807) is 6.20 Å². The molecule has 1 aliphatic rings. The average Bonchev–Trinajstić information content (AvgIpc) is 2.38. The van der Waals surface area contributed by atoms with E-state index in [1.165, 1.54) is 0 Å². The van der Waals surface area contributed by atoms with Crippen LogP contribution in [0.5, 0.6) is 0 Å². The molecule has 0 unspecified atom stereocenters. The van der Waals surface area contributed by atoms with E-state index >= 15 is 0 Å². The van der Waals surface area contributed by atoms with E-state index in [0.717, 1.165) is 25.1 Å². The molecular weight excluding hydrogens is 254 g/mol. The number of piperazine rings is 1. The largest absolute Gasteiger partial charge is 0.444 e. The maximum atomic E-state index is 12.3. The van der Waals surface area contributed by atoms with E-state index in [-0.39, 0.29) is 12.1 Å². The van der Waals surface area contributed by atoms with E-state index in [2.05, 4.69) is 10.3 Å². The van der Waals surface area contributed by atoms with E-state index in [4.69, 9.17) is 4.74 Å². The molecule has 20 heavy (non-hydrogen) atoms. The van der Waals surface area contributed by atoms with Gasteiger partial charge in [0.2, 0.25) is 0 Å². The van der Waals surface area contributed by atoms with Gasteiger partial charge in [0.05, 0.1) is 6.04 Å². The third-order valence-corrected chi connectivity index (χ3v) is 3.17. The first-order valence-corrected chi connectivity index (χ1v) is 7.05. The molecule has 0 radical (unpaired) electrons. The molecule has 0 saturated carbocycles. The zero-order valence-electron chi connectivity index (χ0n) is 12.4. The molecule has 5 heteroatoms. The minimum Gasteiger partial charge on any atom is -0.444 e. The number of hydrogen-bond acceptors (Lipinski definition) is 4. The third kappa shape index (κ3) is 4.20. The number of ether oxygens (including phenoxy) is 1. The fourth-order valence-corrected chi connectivity index (χ4v) is 2.30. The minimum absolute atomic E-state index is 0.114. The second-order valence-electron chi connectivity index (χ2n) is 6.10. The Morgan fingerprint density at radius 1 is 1.55 bits per heavy atom. The molecular formula is C15H23N3O2. The second kappa shape index (κ2) is 6.22. The average molecular weight is 277 g/mol. The van der Waals surface area contributed by atoms with Crippen LogP contribution in [-0.4, -0.2) is 47.3 Å². The Morgan fingerprint density at radius 3 is 3.00 bits per heavy atom. The fraction of sp³-hybridized carbons (Fsp3) is 0.600. The molecule has 0 aliphatic carbocycles. The SMILES string of the molecule is CC(C)(C)OC(=O)N1CCNC[C@H]1Cc1cccnc1. The molecule has 1 atom stereocenters. The molecule has 0 bridgehead atoms. The van der Waals surface area contributed by atoms with Crippen LogP contribution in [0.1, 0.15) is 26.3 Å². The Morgan fingerprint density at radius 2 is 2.35 bits per heavy atom. The lowest BCUT2D eigenvalue weighted by Crippen LogP contribution is -2.55. The van der Waals surface area contributed by atoms with Gasteiger partial charge in [-0.2, -0.15) is 0 Å². The van der Waals surface area contributed by atoms with E-state index in [1.807, 2.05) is 44.0 Å². The van der Waals surface area contributed by atoms with Gasteiger partial charge in [-0.05, 0) is 38.8 Å². The number of carbonyl (C=O) groups is 1. The second-order valence-corrected chi connectivity index (χ2v) is 6.10. The maximum absolute atomic E-state index is 12.3. The summed E-state index contributed by atoms with van der Waals surface area (Å²) in [5, 5.41) is 3.33. The van der Waals surface area contributed by atoms with Crippen molar-refractivity contribution in [3.05, 3.63) is 30.1 Å². The predicted octanol–water partition coefficient (Wildman–Crippen LogP) is 1.83. The van der Waals surface area contributed by atoms with Crippen LogP contribution in [0.4, 0.5) is 4.79 Å². The molecule has 2 heterocycles. The number of pyridine rings is 1. The molecule has 1 fully saturated rings. The van der Waals surface area contributed by atoms with Gasteiger partial charge in [0.25, 0.3) is 0 Å². The monoisotopic (exact) mass is 277 g/mol. The van der Waals surface area contributed by atoms with Crippen LogP contribution < -0.4 is 5.32 Å². The molecule has 5 nitrogen and oxygen atoms in total. The molecule has 1 aromatic rings. The zero-order chi connectivity index (χ0) is 14.6. The Balaban J connectivity index is 2.03. The van der Waals surface area contributed by atoms with Gasteiger partial charge in [0, 0.05) is 32.0 Å². The van der Waals surface area contributed by atoms with Crippen molar-refractivity contribution in [2.45, 2.75) is 38.8 Å². The van der Waals surface area contributed by atoms with Crippen molar-refractivity contribution in [3.63, 3.8) is 0 Å². The summed E-state index contributed by atoms with van der Waals surface area (Å²) in [5.74, 6) is 0. The normalized spacial score (nSPS) is 19.8. The van der Waals surface area contributed by atoms with Gasteiger partial charge in [-0.3, -0.25) is 4.98 Å². The van der Waals surface area contributed by atoms with Gasteiger partial charge in [-0.1, -0.05) is 6.07 Å². The summed E-state index contributed by atoms with van der Waals surface area (Å²) in [7, 11) is 0. The van der Waals surface area contributed by atoms with Crippen molar-refractivity contribution in [1.29, 1.82) is 0 Å². The molecule has 0 aromatic carbocycles. The zero-order valence-corrected chi connectivity index (χ0v) is 12.4. The lowest BCUT2D eigenvalue weighted by molar-refractivity contribution is 0.0122. The van der Waals surface area contributed by atoms with Crippen LogP contribution in [0.25, 0.3) is 0 Å². The summed E-state index contributed by atoms with van der Waals surface area (Å²) in [4.78, 5) is 18.2. The van der Waals surface area contributed by atoms with Gasteiger partial charge in [-0.25, -0.2) is 4.79 Å². The van der Waals surface area contributed by atoms with Gasteiger partial charge in [-0.15, -0.1) is 0 Å². The number of nitrogens with one attached hydrogen (secondary N) is 1. The van der Waals surface area contributed by atoms with Gasteiger partial charge >= 0.3 is 6.09 Å². The number of nitrogens with zero attached hydrogens (tertiary/aromatic N) is 2. The number of amides is 1. The third-order valence-electron chi connectivity index (χ3n) is 3.17. The van der Waals surface area contributed by atoms with E-state index in [0.29, 0.717) is 6.54 Å². The van der Waals surface area contributed by atoms with Crippen LogP contribution in [0.3, 0.4) is 0 Å². The van der Waals surface area contributed by atoms with Crippen molar-refractivity contribution < 1.29 is 9.53 Å². The number of rotatable bonds is 2. The van der Waals surface area contributed by atoms with E-state index in [9.17, 15) is 4.79 Å². The number of hydrogen-bond donors (Lipinski definition) is 1. The Bertz CT molecular complexity index is 442. The maximum Gasteiger partial charge on any atom is 0.410 e. The topological polar surface area (TPSA) is 54.5 Å². The number of carbonyl (C=O) groups excluding carboxylic acids is 1. The first-order chi connectivity index (χ1) is 9.46. The van der Waals surface area contributed by atoms with Crippen LogP contribution in [0.2, 0.25) is 0 Å². The van der Waals surface area contributed by atoms with Crippen LogP contribution >= 0.6 is 0 Å². The quantitative estimate of drug-likeness (QED) is 0.896. The Hall–Kier alpha value is -1.62. The summed E-state index contributed by atoms with van der Waals surface area (Å²) >= 11 is 0. The summed E-state index contributed by atoms with van der Waals surface area (Å²) in [6.07, 6.45) is 4.17. The highest BCUT2D eigenvalue weighted by Crippen LogP contribution is 2.15. The summed E-state index contributed by atoms with van der Waals surface area (Å²) in [5.41, 5.74) is 0.677. The molecule has 2 rings (SSSR count). The molecule has 0 spiro atoms. The van der Waals surface area contributed by atoms with Gasteiger partial charge < -0.3 is 15.0 Å². The predicted molar refractivity (Wildman–Crippen MR) is 77.5 cm³/mol. The van der Waals surface area contributed by atoms with Crippen LogP contribution in [0, 0.1) is 0 Å². The Labute approximate surface area is 120 Å².